The molecule has 2 atom stereocenters. The van der Waals surface area contributed by atoms with Crippen LogP contribution in [0.25, 0.3) is 0 Å². The number of quaternary nitrogens is 1. The van der Waals surface area contributed by atoms with Crippen molar-refractivity contribution in [1.82, 2.24) is 0 Å². The van der Waals surface area contributed by atoms with Crippen LogP contribution < -0.4 is 5.11 Å². The van der Waals surface area contributed by atoms with Crippen LogP contribution in [0, 0.1) is 0 Å². The molecular formula is C51H95NO8. The first-order valence-corrected chi connectivity index (χ1v) is 25.0. The minimum atomic E-state index is -1.62. The minimum Gasteiger partial charge on any atom is -0.545 e. The molecule has 0 saturated heterocycles. The van der Waals surface area contributed by atoms with Gasteiger partial charge in [0.05, 0.1) is 40.3 Å². The highest BCUT2D eigenvalue weighted by atomic mass is 16.7. The zero-order valence-corrected chi connectivity index (χ0v) is 39.8. The van der Waals surface area contributed by atoms with E-state index in [9.17, 15) is 19.5 Å². The standard InChI is InChI=1S/C51H95NO8/c1-6-8-10-12-14-16-18-20-22-24-25-26-28-30-32-34-36-38-40-42-49(54)60-47(46-59-51(50(55)56)57-44-43-52(3,4)5)45-58-48(53)41-39-37-35-33-31-29-27-23-21-19-17-15-13-11-9-7-2/h20,22-23,27,47,51H,6-19,21,24-26,28-46H2,1-5H3/b22-20-,27-23-. The van der Waals surface area contributed by atoms with E-state index < -0.39 is 24.3 Å². The molecule has 0 N–H and O–H groups in total. The first-order valence-electron chi connectivity index (χ1n) is 25.0. The van der Waals surface area contributed by atoms with Crippen LogP contribution in [-0.2, 0) is 33.3 Å². The third-order valence-electron chi connectivity index (χ3n) is 10.9. The molecule has 0 bridgehead atoms. The Hall–Kier alpha value is -2.23. The van der Waals surface area contributed by atoms with Crippen molar-refractivity contribution in [2.45, 2.75) is 238 Å². The van der Waals surface area contributed by atoms with Crippen LogP contribution in [0.2, 0.25) is 0 Å². The molecule has 0 heterocycles. The number of unbranched alkanes of at least 4 members (excludes halogenated alkanes) is 27. The Labute approximate surface area is 369 Å². The molecule has 0 amide bonds. The van der Waals surface area contributed by atoms with E-state index in [0.717, 1.165) is 57.8 Å². The number of allylic oxidation sites excluding steroid dienone is 4. The molecule has 0 fully saturated rings. The molecule has 9 heteroatoms. The van der Waals surface area contributed by atoms with Crippen molar-refractivity contribution in [2.75, 3.05) is 47.5 Å². The maximum absolute atomic E-state index is 12.8. The van der Waals surface area contributed by atoms with E-state index in [1.807, 2.05) is 21.1 Å². The predicted molar refractivity (Wildman–Crippen MR) is 246 cm³/mol. The Morgan fingerprint density at radius 1 is 0.483 bits per heavy atom. The van der Waals surface area contributed by atoms with E-state index >= 15 is 0 Å². The summed E-state index contributed by atoms with van der Waals surface area (Å²) in [5, 5.41) is 11.7. The van der Waals surface area contributed by atoms with Crippen molar-refractivity contribution in [3.63, 3.8) is 0 Å². The predicted octanol–water partition coefficient (Wildman–Crippen LogP) is 12.3. The number of hydrogen-bond acceptors (Lipinski definition) is 8. The molecule has 0 aromatic carbocycles. The summed E-state index contributed by atoms with van der Waals surface area (Å²) < 4.78 is 22.6. The molecule has 0 rings (SSSR count). The number of rotatable bonds is 46. The van der Waals surface area contributed by atoms with Crippen molar-refractivity contribution < 1.29 is 42.9 Å². The number of likely N-dealkylation sites (N-methyl/N-ethyl adjacent to an activating group) is 1. The molecule has 0 saturated carbocycles. The molecule has 60 heavy (non-hydrogen) atoms. The Balaban J connectivity index is 4.36. The third kappa shape index (κ3) is 43.8. The van der Waals surface area contributed by atoms with Gasteiger partial charge < -0.3 is 33.3 Å². The van der Waals surface area contributed by atoms with Crippen molar-refractivity contribution in [3.8, 4) is 0 Å². The second-order valence-corrected chi connectivity index (χ2v) is 18.1. The van der Waals surface area contributed by atoms with Crippen molar-refractivity contribution in [2.24, 2.45) is 0 Å². The largest absolute Gasteiger partial charge is 0.545 e. The van der Waals surface area contributed by atoms with Crippen LogP contribution in [0.5, 0.6) is 0 Å². The lowest BCUT2D eigenvalue weighted by atomic mass is 10.1. The second kappa shape index (κ2) is 43.4. The summed E-state index contributed by atoms with van der Waals surface area (Å²) in [6.07, 6.45) is 44.9. The van der Waals surface area contributed by atoms with E-state index in [1.54, 1.807) is 0 Å². The Morgan fingerprint density at radius 3 is 1.23 bits per heavy atom. The summed E-state index contributed by atoms with van der Waals surface area (Å²) >= 11 is 0. The van der Waals surface area contributed by atoms with Gasteiger partial charge in [0.2, 0.25) is 0 Å². The van der Waals surface area contributed by atoms with E-state index in [-0.39, 0.29) is 38.6 Å². The van der Waals surface area contributed by atoms with Crippen molar-refractivity contribution >= 4 is 17.9 Å². The molecule has 0 radical (unpaired) electrons. The lowest BCUT2D eigenvalue weighted by Crippen LogP contribution is -2.44. The van der Waals surface area contributed by atoms with Crippen LogP contribution >= 0.6 is 0 Å². The lowest BCUT2D eigenvalue weighted by molar-refractivity contribution is -0.870. The highest BCUT2D eigenvalue weighted by molar-refractivity contribution is 5.70. The van der Waals surface area contributed by atoms with Crippen LogP contribution in [0.3, 0.4) is 0 Å². The zero-order valence-electron chi connectivity index (χ0n) is 39.8. The Kier molecular flexibility index (Phi) is 41.8. The number of carbonyl (C=O) groups excluding carboxylic acids is 3. The summed E-state index contributed by atoms with van der Waals surface area (Å²) in [5.41, 5.74) is 0. The fraction of sp³-hybridized carbons (Fsp3) is 0.863. The Morgan fingerprint density at radius 2 is 0.850 bits per heavy atom. The van der Waals surface area contributed by atoms with E-state index in [0.29, 0.717) is 17.4 Å². The van der Waals surface area contributed by atoms with Gasteiger partial charge in [-0.15, -0.1) is 0 Å². The van der Waals surface area contributed by atoms with Crippen LogP contribution in [0.4, 0.5) is 0 Å². The van der Waals surface area contributed by atoms with E-state index in [1.165, 1.54) is 135 Å². The monoisotopic (exact) mass is 850 g/mol. The molecule has 9 nitrogen and oxygen atoms in total. The molecule has 0 spiro atoms. The molecule has 352 valence electrons. The third-order valence-corrected chi connectivity index (χ3v) is 10.9. The van der Waals surface area contributed by atoms with Gasteiger partial charge in [-0.25, -0.2) is 0 Å². The van der Waals surface area contributed by atoms with Gasteiger partial charge in [-0.3, -0.25) is 9.59 Å². The fourth-order valence-electron chi connectivity index (χ4n) is 7.00. The van der Waals surface area contributed by atoms with Gasteiger partial charge in [0.15, 0.2) is 12.4 Å². The van der Waals surface area contributed by atoms with E-state index in [4.69, 9.17) is 18.9 Å². The van der Waals surface area contributed by atoms with Crippen LogP contribution in [0.15, 0.2) is 24.3 Å². The summed E-state index contributed by atoms with van der Waals surface area (Å²) in [4.78, 5) is 37.1. The summed E-state index contributed by atoms with van der Waals surface area (Å²) in [5.74, 6) is -2.29. The quantitative estimate of drug-likeness (QED) is 0.0196. The van der Waals surface area contributed by atoms with Gasteiger partial charge in [-0.1, -0.05) is 173 Å². The molecule has 0 aliphatic heterocycles. The van der Waals surface area contributed by atoms with Crippen LogP contribution in [-0.4, -0.2) is 82.3 Å². The Bertz CT molecular complexity index is 1040. The first kappa shape index (κ1) is 57.8. The van der Waals surface area contributed by atoms with Gasteiger partial charge in [0, 0.05) is 12.8 Å². The van der Waals surface area contributed by atoms with Gasteiger partial charge in [0.25, 0.3) is 0 Å². The smallest absolute Gasteiger partial charge is 0.306 e. The molecule has 0 aliphatic rings. The van der Waals surface area contributed by atoms with Crippen molar-refractivity contribution in [1.29, 1.82) is 0 Å². The number of carboxylic acids is 1. The highest BCUT2D eigenvalue weighted by Crippen LogP contribution is 2.15. The van der Waals surface area contributed by atoms with Gasteiger partial charge >= 0.3 is 11.9 Å². The first-order chi connectivity index (χ1) is 29.1. The van der Waals surface area contributed by atoms with Crippen LogP contribution in [0.1, 0.15) is 226 Å². The zero-order chi connectivity index (χ0) is 44.2. The molecule has 0 aromatic heterocycles. The summed E-state index contributed by atoms with van der Waals surface area (Å²) in [6, 6.07) is 0. The lowest BCUT2D eigenvalue weighted by Gasteiger charge is -2.26. The number of carboxylic acid groups (broad SMARTS) is 1. The average molecular weight is 850 g/mol. The average Bonchev–Trinajstić information content (AvgIpc) is 3.21. The van der Waals surface area contributed by atoms with Gasteiger partial charge in [0.1, 0.15) is 13.2 Å². The molecule has 0 aliphatic carbocycles. The number of hydrogen-bond donors (Lipinski definition) is 0. The molecular weight excluding hydrogens is 755 g/mol. The topological polar surface area (TPSA) is 111 Å². The number of esters is 2. The number of nitrogens with zero attached hydrogens (tertiary/aromatic N) is 1. The van der Waals surface area contributed by atoms with E-state index in [2.05, 4.69) is 38.2 Å². The fourth-order valence-corrected chi connectivity index (χ4v) is 7.00. The summed E-state index contributed by atoms with van der Waals surface area (Å²) in [6.45, 7) is 4.74. The SMILES string of the molecule is CCCCCCCC/C=C\CCCCCCCCCCCC(=O)OC(COC(=O)CCCCCCC/C=C\CCCCCCCCC)COC(OCC[N+](C)(C)C)C(=O)[O-]. The molecule has 2 unspecified atom stereocenters. The normalized spacial score (nSPS) is 13.0. The second-order valence-electron chi connectivity index (χ2n) is 18.1. The van der Waals surface area contributed by atoms with Gasteiger partial charge in [-0.2, -0.15) is 0 Å². The minimum absolute atomic E-state index is 0.147. The number of ether oxygens (including phenoxy) is 4. The summed E-state index contributed by atoms with van der Waals surface area (Å²) in [7, 11) is 5.91. The maximum atomic E-state index is 12.8. The van der Waals surface area contributed by atoms with Gasteiger partial charge in [-0.05, 0) is 64.2 Å². The highest BCUT2D eigenvalue weighted by Gasteiger charge is 2.21. The molecule has 0 aromatic rings. The van der Waals surface area contributed by atoms with Crippen molar-refractivity contribution in [3.05, 3.63) is 24.3 Å². The number of aliphatic carboxylic acids is 1. The maximum Gasteiger partial charge on any atom is 0.306 e. The number of carbonyl (C=O) groups is 3.